The first-order valence-electron chi connectivity index (χ1n) is 16.5. The molecular formula is C35H38BrN7O7. The van der Waals surface area contributed by atoms with Crippen LogP contribution in [0.5, 0.6) is 5.75 Å². The van der Waals surface area contributed by atoms with Gasteiger partial charge in [0.25, 0.3) is 23.3 Å². The first-order valence-corrected chi connectivity index (χ1v) is 17.3. The van der Waals surface area contributed by atoms with Gasteiger partial charge in [-0.2, -0.15) is 5.10 Å². The third-order valence-electron chi connectivity index (χ3n) is 9.26. The highest BCUT2D eigenvalue weighted by molar-refractivity contribution is 9.10. The topological polar surface area (TPSA) is 172 Å². The Bertz CT molecular complexity index is 1900. The molecule has 1 unspecified atom stereocenters. The van der Waals surface area contributed by atoms with Crippen LogP contribution in [-0.4, -0.2) is 94.5 Å². The third kappa shape index (κ3) is 7.33. The maximum absolute atomic E-state index is 13.2. The van der Waals surface area contributed by atoms with Crippen molar-refractivity contribution in [3.05, 3.63) is 85.7 Å². The highest BCUT2D eigenvalue weighted by atomic mass is 79.9. The number of amides is 5. The van der Waals surface area contributed by atoms with Gasteiger partial charge in [0.1, 0.15) is 16.3 Å². The number of nitrogens with one attached hydrogen (secondary N) is 3. The zero-order valence-electron chi connectivity index (χ0n) is 27.7. The lowest BCUT2D eigenvalue weighted by molar-refractivity contribution is -0.136. The number of aryl methyl sites for hydroxylation is 1. The largest absolute Gasteiger partial charge is 0.493 e. The van der Waals surface area contributed by atoms with Gasteiger partial charge in [-0.05, 0) is 84.4 Å². The normalized spacial score (nSPS) is 20.8. The summed E-state index contributed by atoms with van der Waals surface area (Å²) in [6.07, 6.45) is 3.83. The van der Waals surface area contributed by atoms with Crippen molar-refractivity contribution in [2.75, 3.05) is 38.6 Å². The number of nitrogens with zero attached hydrogens (tertiary/aromatic N) is 4. The number of rotatable bonds is 11. The van der Waals surface area contributed by atoms with Crippen molar-refractivity contribution in [3.8, 4) is 5.75 Å². The van der Waals surface area contributed by atoms with Crippen molar-refractivity contribution in [3.63, 3.8) is 0 Å². The van der Waals surface area contributed by atoms with Crippen molar-refractivity contribution in [2.45, 2.75) is 50.1 Å². The lowest BCUT2D eigenvalue weighted by Crippen LogP contribution is -2.54. The summed E-state index contributed by atoms with van der Waals surface area (Å²) < 4.78 is 7.62. The number of aromatic nitrogens is 2. The number of anilines is 1. The Morgan fingerprint density at radius 3 is 2.56 bits per heavy atom. The maximum Gasteiger partial charge on any atom is 0.282 e. The van der Waals surface area contributed by atoms with E-state index in [1.54, 1.807) is 25.4 Å². The third-order valence-corrected chi connectivity index (χ3v) is 10.0. The molecule has 5 amide bonds. The van der Waals surface area contributed by atoms with Gasteiger partial charge in [0.05, 0.1) is 29.6 Å². The van der Waals surface area contributed by atoms with E-state index in [1.165, 1.54) is 10.7 Å². The summed E-state index contributed by atoms with van der Waals surface area (Å²) >= 11 is 3.39. The molecule has 0 saturated carbocycles. The molecule has 3 aliphatic rings. The van der Waals surface area contributed by atoms with Gasteiger partial charge < -0.3 is 20.3 Å². The number of hydrogen-bond acceptors (Lipinski definition) is 10. The number of likely N-dealkylation sites (N-methyl/N-ethyl adjacent to an activating group) is 1. The summed E-state index contributed by atoms with van der Waals surface area (Å²) in [6, 6.07) is 11.4. The molecular weight excluding hydrogens is 710 g/mol. The number of benzene rings is 2. The van der Waals surface area contributed by atoms with Gasteiger partial charge in [-0.1, -0.05) is 18.2 Å². The molecule has 3 aromatic rings. The van der Waals surface area contributed by atoms with Crippen LogP contribution in [-0.2, 0) is 16.6 Å². The summed E-state index contributed by atoms with van der Waals surface area (Å²) in [5.74, 6) is -1.99. The molecule has 262 valence electrons. The Morgan fingerprint density at radius 1 is 1.02 bits per heavy atom. The van der Waals surface area contributed by atoms with Gasteiger partial charge in [-0.15, -0.1) is 0 Å². The van der Waals surface area contributed by atoms with Crippen LogP contribution in [0, 0.1) is 0 Å². The van der Waals surface area contributed by atoms with Crippen molar-refractivity contribution in [2.24, 2.45) is 7.05 Å². The van der Waals surface area contributed by atoms with E-state index in [2.05, 4.69) is 48.9 Å². The average molecular weight is 749 g/mol. The zero-order chi connectivity index (χ0) is 35.5. The van der Waals surface area contributed by atoms with E-state index in [1.807, 2.05) is 24.3 Å². The Morgan fingerprint density at radius 2 is 1.80 bits per heavy atom. The van der Waals surface area contributed by atoms with E-state index in [0.29, 0.717) is 35.1 Å². The molecule has 6 rings (SSSR count). The Hall–Kier alpha value is -4.89. The Balaban J connectivity index is 0.962. The molecule has 3 N–H and O–H groups in total. The molecule has 0 bridgehead atoms. The maximum atomic E-state index is 13.2. The molecule has 0 spiro atoms. The van der Waals surface area contributed by atoms with E-state index < -0.39 is 29.7 Å². The highest BCUT2D eigenvalue weighted by Crippen LogP contribution is 2.34. The quantitative estimate of drug-likeness (QED) is 0.196. The number of likely N-dealkylation sites (tertiary alicyclic amines) is 1. The van der Waals surface area contributed by atoms with Crippen LogP contribution in [0.3, 0.4) is 0 Å². The van der Waals surface area contributed by atoms with Crippen LogP contribution < -0.4 is 26.2 Å². The van der Waals surface area contributed by atoms with Crippen LogP contribution in [0.4, 0.5) is 5.69 Å². The van der Waals surface area contributed by atoms with Crippen LogP contribution in [0.2, 0.25) is 0 Å². The standard InChI is InChI=1S/C35H38BrN7O7/c1-41-18-22(16-23(19-41)39-25-17-38-42(2)35(49)30(25)36)20-8-10-21(11-9-20)31(45)37-14-3-4-15-50-27-7-5-6-24-29(27)34(48)43(33(24)47)26-12-13-28(44)40-32(26)46/h5-11,17,22-23,26,39H,3-4,12-16,18-19H2,1-2H3,(H,37,45)(H,40,44,46)/t22-,23+,26?/m0/s1. The molecule has 1 aromatic heterocycles. The second-order valence-electron chi connectivity index (χ2n) is 12.9. The van der Waals surface area contributed by atoms with Gasteiger partial charge in [0.2, 0.25) is 11.8 Å². The van der Waals surface area contributed by atoms with E-state index in [0.717, 1.165) is 30.0 Å². The van der Waals surface area contributed by atoms with Crippen LogP contribution in [0.15, 0.2) is 57.9 Å². The number of unbranched alkanes of at least 4 members (excludes halogenated alkanes) is 1. The molecule has 2 fully saturated rings. The van der Waals surface area contributed by atoms with E-state index in [4.69, 9.17) is 4.74 Å². The smallest absolute Gasteiger partial charge is 0.282 e. The average Bonchev–Trinajstić information content (AvgIpc) is 3.35. The Kier molecular flexibility index (Phi) is 10.4. The second-order valence-corrected chi connectivity index (χ2v) is 13.6. The number of imide groups is 2. The molecule has 4 heterocycles. The fraction of sp³-hybridized carbons (Fsp3) is 0.400. The second kappa shape index (κ2) is 14.9. The first-order chi connectivity index (χ1) is 24.0. The predicted molar refractivity (Wildman–Crippen MR) is 186 cm³/mol. The SMILES string of the molecule is CN1C[C@H](Nc2cnn(C)c(=O)c2Br)C[C@H](c2ccc(C(=O)NCCCCOc3cccc4c3C(=O)N(C3CCC(=O)NC3=O)C4=O)cc2)C1. The van der Waals surface area contributed by atoms with E-state index in [9.17, 15) is 28.8 Å². The molecule has 0 radical (unpaired) electrons. The van der Waals surface area contributed by atoms with Crippen molar-refractivity contribution >= 4 is 51.2 Å². The summed E-state index contributed by atoms with van der Waals surface area (Å²) in [6.45, 7) is 2.36. The lowest BCUT2D eigenvalue weighted by Gasteiger charge is -2.37. The number of piperidine rings is 2. The molecule has 0 aliphatic carbocycles. The predicted octanol–water partition coefficient (Wildman–Crippen LogP) is 2.43. The number of fused-ring (bicyclic) bond motifs is 1. The number of hydrogen-bond donors (Lipinski definition) is 3. The van der Waals surface area contributed by atoms with Crippen molar-refractivity contribution in [1.29, 1.82) is 0 Å². The monoisotopic (exact) mass is 747 g/mol. The Labute approximate surface area is 296 Å². The summed E-state index contributed by atoms with van der Waals surface area (Å²) in [7, 11) is 3.67. The zero-order valence-corrected chi connectivity index (χ0v) is 29.3. The van der Waals surface area contributed by atoms with Gasteiger partial charge in [0.15, 0.2) is 0 Å². The number of halogens is 1. The molecule has 2 saturated heterocycles. The molecule has 3 aliphatic heterocycles. The van der Waals surface area contributed by atoms with Crippen molar-refractivity contribution in [1.82, 2.24) is 30.2 Å². The molecule has 3 atom stereocenters. The molecule has 14 nitrogen and oxygen atoms in total. The van der Waals surface area contributed by atoms with Crippen molar-refractivity contribution < 1.29 is 28.7 Å². The van der Waals surface area contributed by atoms with Gasteiger partial charge in [-0.25, -0.2) is 4.68 Å². The van der Waals surface area contributed by atoms with Crippen LogP contribution >= 0.6 is 15.9 Å². The fourth-order valence-corrected chi connectivity index (χ4v) is 7.19. The number of carbonyl (C=O) groups is 5. The van der Waals surface area contributed by atoms with Gasteiger partial charge >= 0.3 is 0 Å². The molecule has 50 heavy (non-hydrogen) atoms. The van der Waals surface area contributed by atoms with Gasteiger partial charge in [-0.3, -0.25) is 39.0 Å². The summed E-state index contributed by atoms with van der Waals surface area (Å²) in [4.78, 5) is 78.5. The lowest BCUT2D eigenvalue weighted by atomic mass is 9.87. The van der Waals surface area contributed by atoms with Crippen LogP contribution in [0.25, 0.3) is 0 Å². The van der Waals surface area contributed by atoms with E-state index in [-0.39, 0.29) is 59.8 Å². The molecule has 2 aromatic carbocycles. The number of carbonyl (C=O) groups excluding carboxylic acids is 5. The first kappa shape index (κ1) is 35.0. The minimum absolute atomic E-state index is 0.0454. The number of ether oxygens (including phenoxy) is 1. The molecule has 15 heteroatoms. The minimum atomic E-state index is -1.05. The fourth-order valence-electron chi connectivity index (χ4n) is 6.72. The summed E-state index contributed by atoms with van der Waals surface area (Å²) in [5, 5.41) is 12.7. The highest BCUT2D eigenvalue weighted by Gasteiger charge is 2.46. The minimum Gasteiger partial charge on any atom is -0.493 e. The van der Waals surface area contributed by atoms with Gasteiger partial charge in [0, 0.05) is 44.7 Å². The van der Waals surface area contributed by atoms with E-state index >= 15 is 0 Å². The summed E-state index contributed by atoms with van der Waals surface area (Å²) in [5.41, 5.74) is 2.42. The van der Waals surface area contributed by atoms with Crippen LogP contribution in [0.1, 0.15) is 74.7 Å².